The molecule has 0 saturated heterocycles. The summed E-state index contributed by atoms with van der Waals surface area (Å²) in [5.41, 5.74) is 0.0354. The number of carbonyl (C=O) groups excluding carboxylic acids is 1. The summed E-state index contributed by atoms with van der Waals surface area (Å²) in [5.74, 6) is -0.994. The highest BCUT2D eigenvalue weighted by Crippen LogP contribution is 2.20. The third-order valence-electron chi connectivity index (χ3n) is 3.53. The van der Waals surface area contributed by atoms with E-state index in [1.807, 2.05) is 0 Å². The third kappa shape index (κ3) is 4.56. The number of aromatic nitrogens is 1. The highest BCUT2D eigenvalue weighted by atomic mass is 19.1. The molecular formula is C15H21FN2O2. The van der Waals surface area contributed by atoms with E-state index >= 15 is 0 Å². The predicted octanol–water partition coefficient (Wildman–Crippen LogP) is 2.69. The van der Waals surface area contributed by atoms with Crippen LogP contribution in [0, 0.1) is 5.82 Å². The van der Waals surface area contributed by atoms with Gasteiger partial charge in [-0.15, -0.1) is 0 Å². The first-order valence-corrected chi connectivity index (χ1v) is 7.26. The second-order valence-corrected chi connectivity index (χ2v) is 5.10. The maximum atomic E-state index is 13.3. The monoisotopic (exact) mass is 280 g/mol. The van der Waals surface area contributed by atoms with Gasteiger partial charge < -0.3 is 10.1 Å². The molecule has 1 amide bonds. The summed E-state index contributed by atoms with van der Waals surface area (Å²) in [6.45, 7) is 1.14. The minimum Gasteiger partial charge on any atom is -0.378 e. The van der Waals surface area contributed by atoms with Crippen LogP contribution in [0.2, 0.25) is 0 Å². The van der Waals surface area contributed by atoms with Gasteiger partial charge in [-0.25, -0.2) is 4.39 Å². The summed E-state index contributed by atoms with van der Waals surface area (Å²) in [4.78, 5) is 15.3. The number of halogens is 1. The van der Waals surface area contributed by atoms with Crippen molar-refractivity contribution in [3.63, 3.8) is 0 Å². The Hall–Kier alpha value is -1.49. The Labute approximate surface area is 118 Å². The van der Waals surface area contributed by atoms with Crippen LogP contribution in [-0.2, 0) is 4.74 Å². The summed E-state index contributed by atoms with van der Waals surface area (Å²) in [5, 5.41) is 2.69. The molecule has 5 heteroatoms. The van der Waals surface area contributed by atoms with Crippen molar-refractivity contribution >= 4 is 5.91 Å². The Kier molecular flexibility index (Phi) is 5.92. The van der Waals surface area contributed by atoms with Crippen molar-refractivity contribution in [2.24, 2.45) is 0 Å². The molecule has 0 aromatic carbocycles. The first kappa shape index (κ1) is 14.9. The largest absolute Gasteiger partial charge is 0.378 e. The summed E-state index contributed by atoms with van der Waals surface area (Å²) in [7, 11) is 0. The molecule has 1 N–H and O–H groups in total. The fourth-order valence-corrected chi connectivity index (χ4v) is 2.41. The van der Waals surface area contributed by atoms with E-state index in [4.69, 9.17) is 4.74 Å². The first-order chi connectivity index (χ1) is 9.77. The molecule has 0 radical (unpaired) electrons. The minimum absolute atomic E-state index is 0.0354. The Morgan fingerprint density at radius 3 is 2.95 bits per heavy atom. The SMILES string of the molecule is O=C(NCCCOC1CCCCC1)c1ccncc1F. The lowest BCUT2D eigenvalue weighted by atomic mass is 9.98. The van der Waals surface area contributed by atoms with Crippen LogP contribution in [0.4, 0.5) is 4.39 Å². The molecule has 0 unspecified atom stereocenters. The minimum atomic E-state index is -0.594. The number of hydrogen-bond donors (Lipinski definition) is 1. The smallest absolute Gasteiger partial charge is 0.254 e. The fourth-order valence-electron chi connectivity index (χ4n) is 2.41. The second kappa shape index (κ2) is 7.94. The van der Waals surface area contributed by atoms with Crippen molar-refractivity contribution in [3.8, 4) is 0 Å². The van der Waals surface area contributed by atoms with Gasteiger partial charge in [0.15, 0.2) is 5.82 Å². The van der Waals surface area contributed by atoms with Crippen molar-refractivity contribution in [2.45, 2.75) is 44.6 Å². The van der Waals surface area contributed by atoms with Crippen LogP contribution < -0.4 is 5.32 Å². The zero-order valence-corrected chi connectivity index (χ0v) is 11.6. The van der Waals surface area contributed by atoms with Crippen LogP contribution >= 0.6 is 0 Å². The first-order valence-electron chi connectivity index (χ1n) is 7.26. The molecule has 1 aromatic heterocycles. The molecule has 4 nitrogen and oxygen atoms in total. The molecule has 1 fully saturated rings. The van der Waals surface area contributed by atoms with Gasteiger partial charge in [0.25, 0.3) is 5.91 Å². The molecule has 20 heavy (non-hydrogen) atoms. The molecule has 0 aliphatic heterocycles. The van der Waals surface area contributed by atoms with Crippen molar-refractivity contribution in [1.29, 1.82) is 0 Å². The Morgan fingerprint density at radius 1 is 1.40 bits per heavy atom. The number of nitrogens with one attached hydrogen (secondary N) is 1. The molecule has 1 aliphatic carbocycles. The molecule has 1 aromatic rings. The second-order valence-electron chi connectivity index (χ2n) is 5.10. The lowest BCUT2D eigenvalue weighted by Gasteiger charge is -2.21. The van der Waals surface area contributed by atoms with E-state index in [-0.39, 0.29) is 5.56 Å². The number of carbonyl (C=O) groups is 1. The molecule has 0 spiro atoms. The van der Waals surface area contributed by atoms with Crippen molar-refractivity contribution in [3.05, 3.63) is 29.8 Å². The summed E-state index contributed by atoms with van der Waals surface area (Å²) in [6, 6.07) is 1.38. The van der Waals surface area contributed by atoms with Crippen LogP contribution in [-0.4, -0.2) is 30.1 Å². The van der Waals surface area contributed by atoms with E-state index < -0.39 is 11.7 Å². The molecule has 1 aliphatic rings. The van der Waals surface area contributed by atoms with E-state index in [9.17, 15) is 9.18 Å². The van der Waals surface area contributed by atoms with Gasteiger partial charge in [0.2, 0.25) is 0 Å². The summed E-state index contributed by atoms with van der Waals surface area (Å²) >= 11 is 0. The van der Waals surface area contributed by atoms with Gasteiger partial charge in [-0.2, -0.15) is 0 Å². The normalized spacial score (nSPS) is 16.1. The van der Waals surface area contributed by atoms with Gasteiger partial charge in [-0.05, 0) is 25.3 Å². The van der Waals surface area contributed by atoms with Crippen molar-refractivity contribution < 1.29 is 13.9 Å². The maximum absolute atomic E-state index is 13.3. The average Bonchev–Trinajstić information content (AvgIpc) is 2.48. The van der Waals surface area contributed by atoms with Crippen LogP contribution in [0.1, 0.15) is 48.9 Å². The van der Waals surface area contributed by atoms with Gasteiger partial charge in [-0.3, -0.25) is 9.78 Å². The van der Waals surface area contributed by atoms with E-state index in [2.05, 4.69) is 10.3 Å². The molecule has 110 valence electrons. The number of ether oxygens (including phenoxy) is 1. The van der Waals surface area contributed by atoms with Crippen LogP contribution in [0.3, 0.4) is 0 Å². The average molecular weight is 280 g/mol. The Bertz CT molecular complexity index is 434. The van der Waals surface area contributed by atoms with E-state index in [0.717, 1.165) is 25.5 Å². The highest BCUT2D eigenvalue weighted by molar-refractivity contribution is 5.94. The lowest BCUT2D eigenvalue weighted by molar-refractivity contribution is 0.0273. The van der Waals surface area contributed by atoms with Crippen LogP contribution in [0.25, 0.3) is 0 Å². The zero-order chi connectivity index (χ0) is 14.2. The number of pyridine rings is 1. The van der Waals surface area contributed by atoms with E-state index in [0.29, 0.717) is 19.3 Å². The summed E-state index contributed by atoms with van der Waals surface area (Å²) in [6.07, 6.45) is 9.69. The predicted molar refractivity (Wildman–Crippen MR) is 74.0 cm³/mol. The van der Waals surface area contributed by atoms with E-state index in [1.165, 1.54) is 31.5 Å². The van der Waals surface area contributed by atoms with Crippen molar-refractivity contribution in [2.75, 3.05) is 13.2 Å². The molecular weight excluding hydrogens is 259 g/mol. The maximum Gasteiger partial charge on any atom is 0.254 e. The molecule has 1 heterocycles. The number of rotatable bonds is 6. The lowest BCUT2D eigenvalue weighted by Crippen LogP contribution is -2.27. The zero-order valence-electron chi connectivity index (χ0n) is 11.6. The Morgan fingerprint density at radius 2 is 2.20 bits per heavy atom. The summed E-state index contributed by atoms with van der Waals surface area (Å²) < 4.78 is 19.1. The van der Waals surface area contributed by atoms with Crippen LogP contribution in [0.5, 0.6) is 0 Å². The molecule has 2 rings (SSSR count). The fraction of sp³-hybridized carbons (Fsp3) is 0.600. The third-order valence-corrected chi connectivity index (χ3v) is 3.53. The van der Waals surface area contributed by atoms with Gasteiger partial charge in [0, 0.05) is 19.3 Å². The topological polar surface area (TPSA) is 51.2 Å². The number of amides is 1. The highest BCUT2D eigenvalue weighted by Gasteiger charge is 2.13. The number of nitrogens with zero attached hydrogens (tertiary/aromatic N) is 1. The van der Waals surface area contributed by atoms with Gasteiger partial charge in [0.1, 0.15) is 0 Å². The van der Waals surface area contributed by atoms with Gasteiger partial charge >= 0.3 is 0 Å². The molecule has 0 atom stereocenters. The Balaban J connectivity index is 1.61. The van der Waals surface area contributed by atoms with Gasteiger partial charge in [-0.1, -0.05) is 19.3 Å². The molecule has 0 bridgehead atoms. The molecule has 1 saturated carbocycles. The number of hydrogen-bond acceptors (Lipinski definition) is 3. The van der Waals surface area contributed by atoms with Crippen molar-refractivity contribution in [1.82, 2.24) is 10.3 Å². The van der Waals surface area contributed by atoms with Gasteiger partial charge in [0.05, 0.1) is 17.9 Å². The quantitative estimate of drug-likeness (QED) is 0.815. The standard InChI is InChI=1S/C15H21FN2O2/c16-14-11-17-9-7-13(14)15(19)18-8-4-10-20-12-5-2-1-3-6-12/h7,9,11-12H,1-6,8,10H2,(H,18,19). The van der Waals surface area contributed by atoms with Crippen LogP contribution in [0.15, 0.2) is 18.5 Å². The van der Waals surface area contributed by atoms with E-state index in [1.54, 1.807) is 0 Å².